The van der Waals surface area contributed by atoms with Crippen LogP contribution in [0, 0.1) is 0 Å². The fourth-order valence-corrected chi connectivity index (χ4v) is 1.05. The molecule has 2 atom stereocenters. The van der Waals surface area contributed by atoms with E-state index in [1.807, 2.05) is 6.92 Å². The van der Waals surface area contributed by atoms with Crippen molar-refractivity contribution in [2.45, 2.75) is 19.1 Å². The molecular weight excluding hydrogens is 160 g/mol. The van der Waals surface area contributed by atoms with Crippen LogP contribution in [0.3, 0.4) is 0 Å². The number of carbonyl (C=O) groups is 1. The molecule has 1 rings (SSSR count). The van der Waals surface area contributed by atoms with Gasteiger partial charge in [0.15, 0.2) is 6.10 Å². The first-order valence-electron chi connectivity index (χ1n) is 3.89. The molecule has 0 bridgehead atoms. The summed E-state index contributed by atoms with van der Waals surface area (Å²) in [5.74, 6) is -0.426. The van der Waals surface area contributed by atoms with Gasteiger partial charge < -0.3 is 14.6 Å². The summed E-state index contributed by atoms with van der Waals surface area (Å²) in [4.78, 5) is 10.7. The van der Waals surface area contributed by atoms with Gasteiger partial charge in [0, 0.05) is 12.7 Å². The van der Waals surface area contributed by atoms with Gasteiger partial charge in [0.25, 0.3) is 0 Å². The fraction of sp³-hybridized carbons (Fsp3) is 0.625. The molecule has 0 amide bonds. The second-order valence-electron chi connectivity index (χ2n) is 2.44. The van der Waals surface area contributed by atoms with Gasteiger partial charge in [-0.15, -0.1) is 0 Å². The number of esters is 1. The van der Waals surface area contributed by atoms with E-state index in [0.717, 1.165) is 0 Å². The molecule has 0 aromatic heterocycles. The third kappa shape index (κ3) is 2.06. The largest absolute Gasteiger partial charge is 0.454 e. The summed E-state index contributed by atoms with van der Waals surface area (Å²) in [5, 5.41) is 8.81. The van der Waals surface area contributed by atoms with Crippen molar-refractivity contribution in [1.82, 2.24) is 0 Å². The number of rotatable bonds is 3. The van der Waals surface area contributed by atoms with Gasteiger partial charge in [-0.3, -0.25) is 0 Å². The molecule has 1 heterocycles. The molecule has 1 aliphatic heterocycles. The molecule has 1 aliphatic rings. The van der Waals surface area contributed by atoms with Crippen molar-refractivity contribution in [1.29, 1.82) is 0 Å². The van der Waals surface area contributed by atoms with Crippen LogP contribution < -0.4 is 0 Å². The van der Waals surface area contributed by atoms with Crippen LogP contribution in [0.4, 0.5) is 0 Å². The molecule has 1 unspecified atom stereocenters. The first-order chi connectivity index (χ1) is 5.77. The fourth-order valence-electron chi connectivity index (χ4n) is 1.05. The van der Waals surface area contributed by atoms with Crippen LogP contribution in [0.5, 0.6) is 0 Å². The highest BCUT2D eigenvalue weighted by molar-refractivity contribution is 5.83. The lowest BCUT2D eigenvalue weighted by Crippen LogP contribution is -2.37. The van der Waals surface area contributed by atoms with Gasteiger partial charge in [-0.2, -0.15) is 0 Å². The van der Waals surface area contributed by atoms with Crippen LogP contribution in [0.1, 0.15) is 6.92 Å². The third-order valence-electron chi connectivity index (χ3n) is 1.60. The molecule has 0 aliphatic carbocycles. The Kier molecular flexibility index (Phi) is 3.25. The van der Waals surface area contributed by atoms with Crippen LogP contribution in [-0.2, 0) is 14.3 Å². The van der Waals surface area contributed by atoms with Crippen molar-refractivity contribution >= 4 is 5.97 Å². The summed E-state index contributed by atoms with van der Waals surface area (Å²) >= 11 is 0. The lowest BCUT2D eigenvalue weighted by atomic mass is 10.1. The van der Waals surface area contributed by atoms with E-state index in [1.54, 1.807) is 6.08 Å². The standard InChI is InChI=1S/C8H12O4/c1-2-11-6-3-4-8(10)12-7(6)5-9/h3-4,6-7,9H,2,5H2,1H3/t6-,7?/m1/s1. The monoisotopic (exact) mass is 172 g/mol. The summed E-state index contributed by atoms with van der Waals surface area (Å²) in [6.45, 7) is 2.17. The number of aliphatic hydroxyl groups is 1. The normalized spacial score (nSPS) is 28.7. The van der Waals surface area contributed by atoms with E-state index in [-0.39, 0.29) is 12.7 Å². The number of hydrogen-bond donors (Lipinski definition) is 1. The summed E-state index contributed by atoms with van der Waals surface area (Å²) in [6, 6.07) is 0. The Morgan fingerprint density at radius 3 is 3.08 bits per heavy atom. The van der Waals surface area contributed by atoms with Crippen LogP contribution >= 0.6 is 0 Å². The molecule has 0 aromatic rings. The number of aliphatic hydroxyl groups excluding tert-OH is 1. The number of carbonyl (C=O) groups excluding carboxylic acids is 1. The number of hydrogen-bond acceptors (Lipinski definition) is 4. The van der Waals surface area contributed by atoms with Gasteiger partial charge in [0.2, 0.25) is 0 Å². The van der Waals surface area contributed by atoms with Crippen LogP contribution in [0.15, 0.2) is 12.2 Å². The van der Waals surface area contributed by atoms with E-state index in [9.17, 15) is 4.79 Å². The highest BCUT2D eigenvalue weighted by atomic mass is 16.6. The maximum atomic E-state index is 10.7. The highest BCUT2D eigenvalue weighted by Crippen LogP contribution is 2.11. The maximum absolute atomic E-state index is 10.7. The highest BCUT2D eigenvalue weighted by Gasteiger charge is 2.25. The van der Waals surface area contributed by atoms with E-state index in [1.165, 1.54) is 6.08 Å². The summed E-state index contributed by atoms with van der Waals surface area (Å²) in [6.07, 6.45) is 2.06. The first-order valence-corrected chi connectivity index (χ1v) is 3.89. The zero-order valence-corrected chi connectivity index (χ0v) is 6.90. The van der Waals surface area contributed by atoms with Gasteiger partial charge in [-0.1, -0.05) is 0 Å². The van der Waals surface area contributed by atoms with Crippen LogP contribution in [0.2, 0.25) is 0 Å². The minimum atomic E-state index is -0.553. The van der Waals surface area contributed by atoms with E-state index in [0.29, 0.717) is 6.61 Å². The third-order valence-corrected chi connectivity index (χ3v) is 1.60. The molecule has 4 nitrogen and oxygen atoms in total. The van der Waals surface area contributed by atoms with Gasteiger partial charge in [0.1, 0.15) is 6.10 Å². The molecule has 0 saturated carbocycles. The zero-order chi connectivity index (χ0) is 8.97. The Labute approximate surface area is 70.8 Å². The van der Waals surface area contributed by atoms with Crippen molar-refractivity contribution in [3.8, 4) is 0 Å². The molecule has 0 saturated heterocycles. The summed E-state index contributed by atoms with van der Waals surface area (Å²) < 4.78 is 10.0. The Morgan fingerprint density at radius 1 is 1.75 bits per heavy atom. The lowest BCUT2D eigenvalue weighted by molar-refractivity contribution is -0.155. The minimum Gasteiger partial charge on any atom is -0.454 e. The minimum absolute atomic E-state index is 0.208. The van der Waals surface area contributed by atoms with E-state index in [4.69, 9.17) is 14.6 Å². The topological polar surface area (TPSA) is 55.8 Å². The SMILES string of the molecule is CCO[C@@H]1C=CC(=O)OC1CO. The predicted molar refractivity (Wildman–Crippen MR) is 41.5 cm³/mol. The van der Waals surface area contributed by atoms with E-state index in [2.05, 4.69) is 0 Å². The van der Waals surface area contributed by atoms with Crippen molar-refractivity contribution < 1.29 is 19.4 Å². The number of ether oxygens (including phenoxy) is 2. The van der Waals surface area contributed by atoms with Crippen LogP contribution in [0.25, 0.3) is 0 Å². The van der Waals surface area contributed by atoms with Gasteiger partial charge >= 0.3 is 5.97 Å². The number of cyclic esters (lactones) is 1. The average Bonchev–Trinajstić information content (AvgIpc) is 2.08. The smallest absolute Gasteiger partial charge is 0.330 e. The van der Waals surface area contributed by atoms with Gasteiger partial charge in [0.05, 0.1) is 6.61 Å². The Bertz CT molecular complexity index is 187. The molecule has 12 heavy (non-hydrogen) atoms. The van der Waals surface area contributed by atoms with E-state index >= 15 is 0 Å². The molecule has 68 valence electrons. The Balaban J connectivity index is 2.58. The molecule has 4 heteroatoms. The maximum Gasteiger partial charge on any atom is 0.330 e. The quantitative estimate of drug-likeness (QED) is 0.602. The van der Waals surface area contributed by atoms with E-state index < -0.39 is 12.1 Å². The molecule has 0 radical (unpaired) electrons. The van der Waals surface area contributed by atoms with Crippen LogP contribution in [-0.4, -0.2) is 36.5 Å². The zero-order valence-electron chi connectivity index (χ0n) is 6.90. The molecule has 1 N–H and O–H groups in total. The predicted octanol–water partition coefficient (Wildman–Crippen LogP) is -0.135. The van der Waals surface area contributed by atoms with Gasteiger partial charge in [-0.05, 0) is 13.0 Å². The van der Waals surface area contributed by atoms with Crippen molar-refractivity contribution in [2.24, 2.45) is 0 Å². The van der Waals surface area contributed by atoms with Gasteiger partial charge in [-0.25, -0.2) is 4.79 Å². The van der Waals surface area contributed by atoms with Crippen molar-refractivity contribution in [2.75, 3.05) is 13.2 Å². The summed E-state index contributed by atoms with van der Waals surface area (Å²) in [5.41, 5.74) is 0. The van der Waals surface area contributed by atoms with Crippen molar-refractivity contribution in [3.05, 3.63) is 12.2 Å². The second kappa shape index (κ2) is 4.23. The first kappa shape index (κ1) is 9.22. The molecular formula is C8H12O4. The lowest BCUT2D eigenvalue weighted by Gasteiger charge is -2.25. The molecule has 0 aromatic carbocycles. The summed E-state index contributed by atoms with van der Waals surface area (Å²) in [7, 11) is 0. The molecule has 0 spiro atoms. The van der Waals surface area contributed by atoms with Crippen molar-refractivity contribution in [3.63, 3.8) is 0 Å². The Hall–Kier alpha value is -0.870. The average molecular weight is 172 g/mol. The Morgan fingerprint density at radius 2 is 2.50 bits per heavy atom. The molecule has 0 fully saturated rings. The second-order valence-corrected chi connectivity index (χ2v) is 2.44.